The molecule has 19 heavy (non-hydrogen) atoms. The van der Waals surface area contributed by atoms with Crippen molar-refractivity contribution >= 4 is 11.8 Å². The first kappa shape index (κ1) is 14.2. The smallest absolute Gasteiger partial charge is 0.0392 e. The van der Waals surface area contributed by atoms with E-state index in [9.17, 15) is 0 Å². The molecule has 0 aromatic heterocycles. The van der Waals surface area contributed by atoms with Crippen LogP contribution in [-0.2, 0) is 0 Å². The maximum atomic E-state index is 6.32. The Balaban J connectivity index is 2.05. The van der Waals surface area contributed by atoms with Crippen LogP contribution in [0.4, 0.5) is 0 Å². The van der Waals surface area contributed by atoms with Crippen LogP contribution in [0.15, 0.2) is 47.4 Å². The quantitative estimate of drug-likeness (QED) is 0.834. The molecule has 0 spiro atoms. The fourth-order valence-electron chi connectivity index (χ4n) is 2.23. The van der Waals surface area contributed by atoms with Gasteiger partial charge in [-0.25, -0.2) is 0 Å². The van der Waals surface area contributed by atoms with Gasteiger partial charge in [0.2, 0.25) is 0 Å². The fourth-order valence-corrected chi connectivity index (χ4v) is 3.24. The van der Waals surface area contributed by atoms with Gasteiger partial charge in [0.15, 0.2) is 0 Å². The van der Waals surface area contributed by atoms with E-state index in [1.54, 1.807) is 0 Å². The predicted molar refractivity (Wildman–Crippen MR) is 84.7 cm³/mol. The van der Waals surface area contributed by atoms with Gasteiger partial charge in [-0.2, -0.15) is 0 Å². The average molecular weight is 271 g/mol. The number of thioether (sulfide) groups is 1. The third-order valence-electron chi connectivity index (χ3n) is 3.34. The molecule has 0 radical (unpaired) electrons. The van der Waals surface area contributed by atoms with Gasteiger partial charge in [-0.3, -0.25) is 0 Å². The molecule has 0 aliphatic rings. The third-order valence-corrected chi connectivity index (χ3v) is 4.63. The molecule has 0 saturated carbocycles. The van der Waals surface area contributed by atoms with Crippen LogP contribution in [0.5, 0.6) is 0 Å². The average Bonchev–Trinajstić information content (AvgIpc) is 2.37. The van der Waals surface area contributed by atoms with Gasteiger partial charge in [-0.05, 0) is 43.5 Å². The van der Waals surface area contributed by atoms with Crippen LogP contribution in [-0.4, -0.2) is 5.75 Å². The number of hydrogen-bond acceptors (Lipinski definition) is 2. The fraction of sp³-hybridized carbons (Fsp3) is 0.294. The van der Waals surface area contributed by atoms with Gasteiger partial charge in [0.05, 0.1) is 0 Å². The van der Waals surface area contributed by atoms with E-state index in [0.717, 1.165) is 5.75 Å². The molecule has 2 N–H and O–H groups in total. The summed E-state index contributed by atoms with van der Waals surface area (Å²) in [6, 6.07) is 15.0. The zero-order chi connectivity index (χ0) is 13.8. The summed E-state index contributed by atoms with van der Waals surface area (Å²) in [4.78, 5) is 1.32. The lowest BCUT2D eigenvalue weighted by atomic mass is 10.0. The summed E-state index contributed by atoms with van der Waals surface area (Å²) in [7, 11) is 0. The van der Waals surface area contributed by atoms with Crippen LogP contribution >= 0.6 is 11.8 Å². The van der Waals surface area contributed by atoms with Gasteiger partial charge in [-0.15, -0.1) is 11.8 Å². The van der Waals surface area contributed by atoms with Crippen molar-refractivity contribution in [3.8, 4) is 0 Å². The molecule has 2 aromatic carbocycles. The molecule has 1 nitrogen and oxygen atoms in total. The van der Waals surface area contributed by atoms with E-state index in [2.05, 4.69) is 63.2 Å². The molecular weight excluding hydrogens is 250 g/mol. The Labute approximate surface area is 120 Å². The Kier molecular flexibility index (Phi) is 4.67. The van der Waals surface area contributed by atoms with E-state index in [-0.39, 0.29) is 6.04 Å². The van der Waals surface area contributed by atoms with E-state index < -0.39 is 0 Å². The largest absolute Gasteiger partial charge is 0.323 e. The highest BCUT2D eigenvalue weighted by atomic mass is 32.2. The Hall–Kier alpha value is -1.25. The van der Waals surface area contributed by atoms with Crippen LogP contribution < -0.4 is 5.73 Å². The minimum Gasteiger partial charge on any atom is -0.323 e. The van der Waals surface area contributed by atoms with Gasteiger partial charge in [0, 0.05) is 16.7 Å². The van der Waals surface area contributed by atoms with Crippen LogP contribution in [0.1, 0.15) is 28.3 Å². The van der Waals surface area contributed by atoms with E-state index in [0.29, 0.717) is 0 Å². The molecule has 0 saturated heterocycles. The van der Waals surface area contributed by atoms with E-state index in [1.807, 2.05) is 11.8 Å². The first-order valence-corrected chi connectivity index (χ1v) is 7.57. The Morgan fingerprint density at radius 1 is 1.00 bits per heavy atom. The first-order valence-electron chi connectivity index (χ1n) is 6.59. The van der Waals surface area contributed by atoms with Crippen molar-refractivity contribution in [2.24, 2.45) is 5.73 Å². The molecule has 2 rings (SSSR count). The lowest BCUT2D eigenvalue weighted by Crippen LogP contribution is -2.14. The number of nitrogens with two attached hydrogens (primary N) is 1. The van der Waals surface area contributed by atoms with Crippen molar-refractivity contribution in [1.29, 1.82) is 0 Å². The SMILES string of the molecule is Cc1ccc(C(N)CSc2ccccc2C)c(C)c1. The van der Waals surface area contributed by atoms with Crippen molar-refractivity contribution in [3.05, 3.63) is 64.7 Å². The topological polar surface area (TPSA) is 26.0 Å². The van der Waals surface area contributed by atoms with Gasteiger partial charge in [0.25, 0.3) is 0 Å². The van der Waals surface area contributed by atoms with E-state index >= 15 is 0 Å². The van der Waals surface area contributed by atoms with Gasteiger partial charge in [0.1, 0.15) is 0 Å². The zero-order valence-electron chi connectivity index (χ0n) is 11.8. The zero-order valence-corrected chi connectivity index (χ0v) is 12.6. The summed E-state index contributed by atoms with van der Waals surface area (Å²) >= 11 is 1.84. The molecule has 0 heterocycles. The second kappa shape index (κ2) is 6.27. The molecule has 0 aliphatic carbocycles. The van der Waals surface area contributed by atoms with E-state index in [1.165, 1.54) is 27.1 Å². The number of rotatable bonds is 4. The monoisotopic (exact) mass is 271 g/mol. The number of benzene rings is 2. The van der Waals surface area contributed by atoms with Crippen molar-refractivity contribution in [2.45, 2.75) is 31.7 Å². The molecular formula is C17H21NS. The normalized spacial score (nSPS) is 12.4. The lowest BCUT2D eigenvalue weighted by molar-refractivity contribution is 0.822. The molecule has 0 bridgehead atoms. The lowest BCUT2D eigenvalue weighted by Gasteiger charge is -2.15. The van der Waals surface area contributed by atoms with Crippen LogP contribution in [0.2, 0.25) is 0 Å². The minimum atomic E-state index is 0.0882. The van der Waals surface area contributed by atoms with Crippen molar-refractivity contribution in [3.63, 3.8) is 0 Å². The second-order valence-corrected chi connectivity index (χ2v) is 6.10. The van der Waals surface area contributed by atoms with Gasteiger partial charge in [-0.1, -0.05) is 42.0 Å². The van der Waals surface area contributed by atoms with Crippen LogP contribution in [0.3, 0.4) is 0 Å². The molecule has 100 valence electrons. The van der Waals surface area contributed by atoms with Crippen molar-refractivity contribution < 1.29 is 0 Å². The Bertz CT molecular complexity index is 563. The first-order chi connectivity index (χ1) is 9.08. The number of hydrogen-bond donors (Lipinski definition) is 1. The molecule has 0 amide bonds. The summed E-state index contributed by atoms with van der Waals surface area (Å²) in [5, 5.41) is 0. The summed E-state index contributed by atoms with van der Waals surface area (Å²) in [5.74, 6) is 0.911. The highest BCUT2D eigenvalue weighted by Crippen LogP contribution is 2.27. The summed E-state index contributed by atoms with van der Waals surface area (Å²) < 4.78 is 0. The molecule has 2 aromatic rings. The highest BCUT2D eigenvalue weighted by molar-refractivity contribution is 7.99. The molecule has 1 unspecified atom stereocenters. The second-order valence-electron chi connectivity index (χ2n) is 5.04. The van der Waals surface area contributed by atoms with Crippen molar-refractivity contribution in [1.82, 2.24) is 0 Å². The summed E-state index contributed by atoms with van der Waals surface area (Å²) in [6.07, 6.45) is 0. The number of aryl methyl sites for hydroxylation is 3. The maximum Gasteiger partial charge on any atom is 0.0392 e. The maximum absolute atomic E-state index is 6.32. The Morgan fingerprint density at radius 2 is 1.74 bits per heavy atom. The van der Waals surface area contributed by atoms with Crippen LogP contribution in [0.25, 0.3) is 0 Å². The molecule has 0 fully saturated rings. The minimum absolute atomic E-state index is 0.0882. The van der Waals surface area contributed by atoms with Crippen molar-refractivity contribution in [2.75, 3.05) is 5.75 Å². The predicted octanol–water partition coefficient (Wildman–Crippen LogP) is 4.40. The Morgan fingerprint density at radius 3 is 2.42 bits per heavy atom. The molecule has 1 atom stereocenters. The van der Waals surface area contributed by atoms with Crippen LogP contribution in [0, 0.1) is 20.8 Å². The summed E-state index contributed by atoms with van der Waals surface area (Å²) in [5.41, 5.74) is 11.5. The van der Waals surface area contributed by atoms with E-state index in [4.69, 9.17) is 5.73 Å². The molecule has 2 heteroatoms. The van der Waals surface area contributed by atoms with Gasteiger partial charge >= 0.3 is 0 Å². The third kappa shape index (κ3) is 3.62. The molecule has 0 aliphatic heterocycles. The highest BCUT2D eigenvalue weighted by Gasteiger charge is 2.10. The standard InChI is InChI=1S/C17H21NS/c1-12-8-9-15(14(3)10-12)16(18)11-19-17-7-5-4-6-13(17)2/h4-10,16H,11,18H2,1-3H3. The van der Waals surface area contributed by atoms with Gasteiger partial charge < -0.3 is 5.73 Å². The summed E-state index contributed by atoms with van der Waals surface area (Å²) in [6.45, 7) is 6.40.